The fraction of sp³-hybridized carbons (Fsp3) is 0.250. The Morgan fingerprint density at radius 3 is 2.85 bits per heavy atom. The minimum Gasteiger partial charge on any atom is -0.491 e. The van der Waals surface area contributed by atoms with Gasteiger partial charge in [0.05, 0.1) is 11.6 Å². The van der Waals surface area contributed by atoms with Crippen LogP contribution in [0.1, 0.15) is 11.1 Å². The highest BCUT2D eigenvalue weighted by atomic mass is 35.5. The van der Waals surface area contributed by atoms with Gasteiger partial charge in [-0.15, -0.1) is 11.8 Å². The Labute approximate surface area is 127 Å². The summed E-state index contributed by atoms with van der Waals surface area (Å²) >= 11 is 8.00. The topological polar surface area (TPSA) is 29.5 Å². The number of hydrogen-bond acceptors (Lipinski definition) is 3. The molecule has 0 aromatic heterocycles. The average molecular weight is 307 g/mol. The van der Waals surface area contributed by atoms with Gasteiger partial charge in [0, 0.05) is 10.1 Å². The van der Waals surface area contributed by atoms with Crippen molar-refractivity contribution in [2.45, 2.75) is 23.2 Å². The average Bonchev–Trinajstić information content (AvgIpc) is 2.88. The van der Waals surface area contributed by atoms with E-state index in [0.717, 1.165) is 12.0 Å². The van der Waals surface area contributed by atoms with E-state index in [1.807, 2.05) is 23.9 Å². The van der Waals surface area contributed by atoms with Crippen LogP contribution < -0.4 is 4.74 Å². The van der Waals surface area contributed by atoms with Gasteiger partial charge in [-0.1, -0.05) is 35.9 Å². The van der Waals surface area contributed by atoms with Crippen molar-refractivity contribution in [3.05, 3.63) is 58.6 Å². The largest absolute Gasteiger partial charge is 0.491 e. The summed E-state index contributed by atoms with van der Waals surface area (Å²) in [7, 11) is 0. The van der Waals surface area contributed by atoms with Crippen LogP contribution >= 0.6 is 23.4 Å². The molecular weight excluding hydrogens is 292 g/mol. The lowest BCUT2D eigenvalue weighted by atomic mass is 10.1. The summed E-state index contributed by atoms with van der Waals surface area (Å²) in [5, 5.41) is 10.0. The molecule has 0 fully saturated rings. The molecular formula is C16H15ClO2S. The molecule has 0 bridgehead atoms. The molecule has 3 rings (SSSR count). The van der Waals surface area contributed by atoms with Crippen molar-refractivity contribution in [2.75, 3.05) is 6.61 Å². The second-order valence-electron chi connectivity index (χ2n) is 4.79. The molecule has 0 radical (unpaired) electrons. The van der Waals surface area contributed by atoms with Gasteiger partial charge < -0.3 is 9.84 Å². The van der Waals surface area contributed by atoms with E-state index in [-0.39, 0.29) is 6.61 Å². The maximum atomic E-state index is 9.05. The van der Waals surface area contributed by atoms with Crippen molar-refractivity contribution in [2.24, 2.45) is 0 Å². The van der Waals surface area contributed by atoms with Gasteiger partial charge in [-0.2, -0.15) is 0 Å². The summed E-state index contributed by atoms with van der Waals surface area (Å²) in [6, 6.07) is 13.9. The summed E-state index contributed by atoms with van der Waals surface area (Å²) in [6.45, 7) is 0.630. The molecule has 4 heteroatoms. The Bertz CT molecular complexity index is 590. The lowest BCUT2D eigenvalue weighted by Gasteiger charge is -2.12. The van der Waals surface area contributed by atoms with Crippen LogP contribution in [0.2, 0.25) is 5.02 Å². The molecule has 0 saturated heterocycles. The third-order valence-electron chi connectivity index (χ3n) is 3.32. The van der Waals surface area contributed by atoms with E-state index >= 15 is 0 Å². The Kier molecular flexibility index (Phi) is 4.20. The number of fused-ring (bicyclic) bond motifs is 1. The van der Waals surface area contributed by atoms with E-state index in [4.69, 9.17) is 21.4 Å². The fourth-order valence-electron chi connectivity index (χ4n) is 2.29. The van der Waals surface area contributed by atoms with E-state index in [2.05, 4.69) is 24.3 Å². The maximum absolute atomic E-state index is 9.05. The molecule has 0 amide bonds. The van der Waals surface area contributed by atoms with Crippen molar-refractivity contribution in [3.8, 4) is 5.75 Å². The van der Waals surface area contributed by atoms with Gasteiger partial charge in [0.25, 0.3) is 0 Å². The highest BCUT2D eigenvalue weighted by Crippen LogP contribution is 2.37. The molecule has 1 aliphatic heterocycles. The summed E-state index contributed by atoms with van der Waals surface area (Å²) < 4.78 is 5.82. The van der Waals surface area contributed by atoms with Crippen LogP contribution in [0.3, 0.4) is 0 Å². The highest BCUT2D eigenvalue weighted by molar-refractivity contribution is 8.00. The number of halogens is 1. The van der Waals surface area contributed by atoms with E-state index in [0.29, 0.717) is 22.6 Å². The predicted octanol–water partition coefficient (Wildman–Crippen LogP) is 3.93. The molecule has 1 N–H and O–H groups in total. The first-order chi connectivity index (χ1) is 9.76. The summed E-state index contributed by atoms with van der Waals surface area (Å²) in [5.74, 6) is 0.681. The van der Waals surface area contributed by atoms with Gasteiger partial charge in [-0.05, 0) is 35.7 Å². The number of benzene rings is 2. The van der Waals surface area contributed by atoms with Gasteiger partial charge in [0.2, 0.25) is 0 Å². The van der Waals surface area contributed by atoms with Crippen LogP contribution in [0.25, 0.3) is 0 Å². The second-order valence-corrected chi connectivity index (χ2v) is 6.53. The maximum Gasteiger partial charge on any atom is 0.137 e. The first-order valence-electron chi connectivity index (χ1n) is 6.53. The Hall–Kier alpha value is -1.16. The van der Waals surface area contributed by atoms with Gasteiger partial charge >= 0.3 is 0 Å². The van der Waals surface area contributed by atoms with Crippen LogP contribution in [0, 0.1) is 0 Å². The van der Waals surface area contributed by atoms with Crippen LogP contribution in [-0.2, 0) is 13.0 Å². The quantitative estimate of drug-likeness (QED) is 0.928. The third kappa shape index (κ3) is 2.95. The number of rotatable bonds is 4. The van der Waals surface area contributed by atoms with Crippen molar-refractivity contribution >= 4 is 23.4 Å². The molecule has 1 unspecified atom stereocenters. The lowest BCUT2D eigenvalue weighted by molar-refractivity contribution is 0.281. The molecule has 2 aromatic carbocycles. The molecule has 1 atom stereocenters. The molecule has 20 heavy (non-hydrogen) atoms. The Morgan fingerprint density at radius 1 is 1.25 bits per heavy atom. The molecule has 0 aliphatic carbocycles. The zero-order valence-corrected chi connectivity index (χ0v) is 12.5. The van der Waals surface area contributed by atoms with E-state index < -0.39 is 0 Å². The summed E-state index contributed by atoms with van der Waals surface area (Å²) in [5.41, 5.74) is 2.19. The molecule has 104 valence electrons. The zero-order valence-electron chi connectivity index (χ0n) is 10.9. The minimum absolute atomic E-state index is 0.00616. The second kappa shape index (κ2) is 6.08. The summed E-state index contributed by atoms with van der Waals surface area (Å²) in [4.78, 5) is 1.35. The van der Waals surface area contributed by atoms with Gasteiger partial charge in [0.15, 0.2) is 0 Å². The zero-order chi connectivity index (χ0) is 13.9. The monoisotopic (exact) mass is 306 g/mol. The summed E-state index contributed by atoms with van der Waals surface area (Å²) in [6.07, 6.45) is 1.03. The Balaban J connectivity index is 1.61. The number of hydrogen-bond donors (Lipinski definition) is 1. The molecule has 1 heterocycles. The first kappa shape index (κ1) is 13.8. The fourth-order valence-corrected chi connectivity index (χ4v) is 3.77. The smallest absolute Gasteiger partial charge is 0.137 e. The van der Waals surface area contributed by atoms with Crippen LogP contribution in [0.15, 0.2) is 47.4 Å². The van der Waals surface area contributed by atoms with Crippen LogP contribution in [0.5, 0.6) is 5.75 Å². The van der Waals surface area contributed by atoms with Crippen molar-refractivity contribution in [3.63, 3.8) is 0 Å². The van der Waals surface area contributed by atoms with Gasteiger partial charge in [-0.25, -0.2) is 0 Å². The van der Waals surface area contributed by atoms with Crippen LogP contribution in [0.4, 0.5) is 0 Å². The SMILES string of the molecule is OCc1ccc(OCC2Cc3ccccc3S2)c(Cl)c1. The van der Waals surface area contributed by atoms with Crippen molar-refractivity contribution in [1.82, 2.24) is 0 Å². The minimum atomic E-state index is -0.00616. The third-order valence-corrected chi connectivity index (χ3v) is 4.90. The van der Waals surface area contributed by atoms with E-state index in [9.17, 15) is 0 Å². The number of ether oxygens (including phenoxy) is 1. The first-order valence-corrected chi connectivity index (χ1v) is 7.78. The molecule has 0 saturated carbocycles. The molecule has 2 nitrogen and oxygen atoms in total. The molecule has 2 aromatic rings. The van der Waals surface area contributed by atoms with Crippen molar-refractivity contribution < 1.29 is 9.84 Å². The van der Waals surface area contributed by atoms with E-state index in [1.165, 1.54) is 10.5 Å². The van der Waals surface area contributed by atoms with E-state index in [1.54, 1.807) is 6.07 Å². The molecule has 0 spiro atoms. The highest BCUT2D eigenvalue weighted by Gasteiger charge is 2.22. The number of aliphatic hydroxyl groups is 1. The molecule has 1 aliphatic rings. The number of aliphatic hydroxyl groups excluding tert-OH is 1. The normalized spacial score (nSPS) is 17.0. The predicted molar refractivity (Wildman–Crippen MR) is 82.7 cm³/mol. The van der Waals surface area contributed by atoms with Crippen LogP contribution in [-0.4, -0.2) is 17.0 Å². The van der Waals surface area contributed by atoms with Gasteiger partial charge in [0.1, 0.15) is 12.4 Å². The Morgan fingerprint density at radius 2 is 2.10 bits per heavy atom. The van der Waals surface area contributed by atoms with Crippen molar-refractivity contribution in [1.29, 1.82) is 0 Å². The van der Waals surface area contributed by atoms with Gasteiger partial charge in [-0.3, -0.25) is 0 Å². The lowest BCUT2D eigenvalue weighted by Crippen LogP contribution is -2.13. The number of thioether (sulfide) groups is 1. The standard InChI is InChI=1S/C16H15ClO2S/c17-14-7-11(9-18)5-6-15(14)19-10-13-8-12-3-1-2-4-16(12)20-13/h1-7,13,18H,8-10H2.